The molecule has 1 heterocycles. The molecule has 2 aromatic rings. The smallest absolute Gasteiger partial charge is 0.162 e. The second-order valence-electron chi connectivity index (χ2n) is 5.64. The van der Waals surface area contributed by atoms with Crippen LogP contribution in [0.4, 0.5) is 0 Å². The van der Waals surface area contributed by atoms with Crippen LogP contribution in [0, 0.1) is 0 Å². The number of benzene rings is 1. The number of phenolic OH excluding ortho intramolecular Hbond substituents is 1. The van der Waals surface area contributed by atoms with Gasteiger partial charge in [-0.25, -0.2) is 0 Å². The Morgan fingerprint density at radius 2 is 2.14 bits per heavy atom. The lowest BCUT2D eigenvalue weighted by Crippen LogP contribution is -2.15. The molecule has 1 aliphatic rings. The summed E-state index contributed by atoms with van der Waals surface area (Å²) in [6.45, 7) is 4.18. The average molecular weight is 298 g/mol. The van der Waals surface area contributed by atoms with Gasteiger partial charge in [0.1, 0.15) is 5.75 Å². The quantitative estimate of drug-likeness (QED) is 0.907. The Morgan fingerprint density at radius 1 is 1.32 bits per heavy atom. The van der Waals surface area contributed by atoms with Crippen molar-refractivity contribution in [1.82, 2.24) is 20.2 Å². The zero-order valence-corrected chi connectivity index (χ0v) is 12.5. The maximum atomic E-state index is 10.3. The highest BCUT2D eigenvalue weighted by Gasteiger charge is 2.21. The van der Waals surface area contributed by atoms with E-state index in [9.17, 15) is 10.2 Å². The summed E-state index contributed by atoms with van der Waals surface area (Å²) in [6.07, 6.45) is 4.76. The van der Waals surface area contributed by atoms with Gasteiger partial charge in [-0.1, -0.05) is 26.0 Å². The Labute approximate surface area is 128 Å². The van der Waals surface area contributed by atoms with E-state index in [1.807, 2.05) is 18.2 Å². The third kappa shape index (κ3) is 2.65. The van der Waals surface area contributed by atoms with Crippen LogP contribution in [-0.2, 0) is 0 Å². The molecule has 0 saturated carbocycles. The molecular weight excluding hydrogens is 280 g/mol. The monoisotopic (exact) mass is 298 g/mol. The van der Waals surface area contributed by atoms with Gasteiger partial charge in [-0.2, -0.15) is 0 Å². The van der Waals surface area contributed by atoms with Crippen LogP contribution in [0.5, 0.6) is 5.75 Å². The predicted octanol–water partition coefficient (Wildman–Crippen LogP) is 2.19. The van der Waals surface area contributed by atoms with E-state index in [0.29, 0.717) is 23.5 Å². The lowest BCUT2D eigenvalue weighted by Gasteiger charge is -2.21. The normalized spacial score (nSPS) is 18.3. The van der Waals surface area contributed by atoms with Crippen molar-refractivity contribution in [2.75, 3.05) is 0 Å². The lowest BCUT2D eigenvalue weighted by atomic mass is 9.90. The fraction of sp³-hybridized carbons (Fsp3) is 0.312. The first-order valence-corrected chi connectivity index (χ1v) is 7.22. The van der Waals surface area contributed by atoms with E-state index in [0.717, 1.165) is 11.3 Å². The first-order chi connectivity index (χ1) is 10.6. The molecule has 1 unspecified atom stereocenters. The predicted molar refractivity (Wildman–Crippen MR) is 82.9 cm³/mol. The number of hydrogen-bond donors (Lipinski definition) is 2. The van der Waals surface area contributed by atoms with Crippen molar-refractivity contribution in [1.29, 1.82) is 0 Å². The Morgan fingerprint density at radius 3 is 2.82 bits per heavy atom. The molecule has 114 valence electrons. The van der Waals surface area contributed by atoms with E-state index in [4.69, 9.17) is 0 Å². The number of phenols is 1. The van der Waals surface area contributed by atoms with Crippen LogP contribution < -0.4 is 0 Å². The number of aromatic nitrogens is 4. The molecule has 0 aliphatic heterocycles. The van der Waals surface area contributed by atoms with Crippen LogP contribution >= 0.6 is 0 Å². The molecule has 3 rings (SSSR count). The van der Waals surface area contributed by atoms with E-state index in [1.165, 1.54) is 11.1 Å². The van der Waals surface area contributed by atoms with Crippen molar-refractivity contribution < 1.29 is 10.2 Å². The molecule has 1 aliphatic carbocycles. The van der Waals surface area contributed by atoms with Crippen molar-refractivity contribution in [3.63, 3.8) is 0 Å². The molecule has 0 radical (unpaired) electrons. The van der Waals surface area contributed by atoms with Gasteiger partial charge in [-0.05, 0) is 46.9 Å². The van der Waals surface area contributed by atoms with Crippen molar-refractivity contribution in [2.24, 2.45) is 0 Å². The highest BCUT2D eigenvalue weighted by molar-refractivity contribution is 5.83. The van der Waals surface area contributed by atoms with Gasteiger partial charge in [-0.15, -0.1) is 15.0 Å². The molecule has 6 nitrogen and oxygen atoms in total. The number of allylic oxidation sites excluding steroid dienone is 2. The molecule has 22 heavy (non-hydrogen) atoms. The molecule has 1 aromatic heterocycles. The summed E-state index contributed by atoms with van der Waals surface area (Å²) in [7, 11) is 0. The molecule has 1 atom stereocenters. The van der Waals surface area contributed by atoms with Crippen LogP contribution in [0.1, 0.15) is 37.3 Å². The van der Waals surface area contributed by atoms with Crippen molar-refractivity contribution in [3.8, 4) is 5.75 Å². The Balaban J connectivity index is 2.06. The summed E-state index contributed by atoms with van der Waals surface area (Å²) in [4.78, 5) is 1.40. The van der Waals surface area contributed by atoms with Crippen LogP contribution in [0.3, 0.4) is 0 Å². The number of aliphatic hydroxyl groups excluding tert-OH is 1. The third-order valence-electron chi connectivity index (χ3n) is 3.79. The standard InChI is InChI=1S/C16H18N4O2/c1-10(2)11-3-5-15(21)13(7-11)14-8-12(4-6-16(14)22)20-18-9-17-19-20/h3-5,7-10,16,21-22H,6H2,1-2H3. The second kappa shape index (κ2) is 5.73. The molecule has 0 fully saturated rings. The van der Waals surface area contributed by atoms with Crippen LogP contribution in [0.2, 0.25) is 0 Å². The number of nitrogens with zero attached hydrogens (tertiary/aromatic N) is 4. The molecule has 2 N–H and O–H groups in total. The van der Waals surface area contributed by atoms with Gasteiger partial charge in [0.25, 0.3) is 0 Å². The van der Waals surface area contributed by atoms with E-state index >= 15 is 0 Å². The van der Waals surface area contributed by atoms with E-state index in [1.54, 1.807) is 12.1 Å². The lowest BCUT2D eigenvalue weighted by molar-refractivity contribution is 0.234. The summed E-state index contributed by atoms with van der Waals surface area (Å²) < 4.78 is 0. The first kappa shape index (κ1) is 14.5. The number of rotatable bonds is 3. The Hall–Kier alpha value is -2.47. The zero-order chi connectivity index (χ0) is 15.7. The topological polar surface area (TPSA) is 84.1 Å². The SMILES string of the molecule is CC(C)c1ccc(O)c(C2=CC(n3ncnn3)=CCC2O)c1. The van der Waals surface area contributed by atoms with Crippen LogP contribution in [-0.4, -0.2) is 36.5 Å². The highest BCUT2D eigenvalue weighted by Crippen LogP contribution is 2.35. The van der Waals surface area contributed by atoms with Gasteiger partial charge in [-0.3, -0.25) is 0 Å². The number of aromatic hydroxyl groups is 1. The van der Waals surface area contributed by atoms with Gasteiger partial charge in [0.2, 0.25) is 0 Å². The maximum absolute atomic E-state index is 10.3. The largest absolute Gasteiger partial charge is 0.507 e. The van der Waals surface area contributed by atoms with Crippen LogP contribution in [0.25, 0.3) is 11.3 Å². The molecule has 0 saturated heterocycles. The maximum Gasteiger partial charge on any atom is 0.162 e. The molecule has 6 heteroatoms. The summed E-state index contributed by atoms with van der Waals surface area (Å²) >= 11 is 0. The fourth-order valence-electron chi connectivity index (χ4n) is 2.50. The summed E-state index contributed by atoms with van der Waals surface area (Å²) in [5, 5.41) is 32.0. The summed E-state index contributed by atoms with van der Waals surface area (Å²) in [5.41, 5.74) is 3.14. The summed E-state index contributed by atoms with van der Waals surface area (Å²) in [5.74, 6) is 0.496. The van der Waals surface area contributed by atoms with Gasteiger partial charge < -0.3 is 10.2 Å². The van der Waals surface area contributed by atoms with E-state index in [2.05, 4.69) is 29.3 Å². The minimum absolute atomic E-state index is 0.155. The van der Waals surface area contributed by atoms with Crippen LogP contribution in [0.15, 0.2) is 36.7 Å². The molecule has 0 spiro atoms. The minimum Gasteiger partial charge on any atom is -0.507 e. The molecule has 0 amide bonds. The van der Waals surface area contributed by atoms with E-state index < -0.39 is 6.10 Å². The van der Waals surface area contributed by atoms with E-state index in [-0.39, 0.29) is 5.75 Å². The third-order valence-corrected chi connectivity index (χ3v) is 3.79. The number of tetrazole rings is 1. The molecular formula is C16H18N4O2. The second-order valence-corrected chi connectivity index (χ2v) is 5.64. The molecule has 1 aromatic carbocycles. The van der Waals surface area contributed by atoms with Gasteiger partial charge in [0.05, 0.1) is 11.8 Å². The minimum atomic E-state index is -0.666. The fourth-order valence-corrected chi connectivity index (χ4v) is 2.50. The Bertz CT molecular complexity index is 733. The summed E-state index contributed by atoms with van der Waals surface area (Å²) in [6, 6.07) is 5.49. The first-order valence-electron chi connectivity index (χ1n) is 7.22. The van der Waals surface area contributed by atoms with Gasteiger partial charge >= 0.3 is 0 Å². The van der Waals surface area contributed by atoms with Gasteiger partial charge in [0.15, 0.2) is 6.33 Å². The van der Waals surface area contributed by atoms with Crippen molar-refractivity contribution in [2.45, 2.75) is 32.3 Å². The van der Waals surface area contributed by atoms with Crippen molar-refractivity contribution in [3.05, 3.63) is 47.8 Å². The van der Waals surface area contributed by atoms with Crippen molar-refractivity contribution >= 4 is 11.3 Å². The van der Waals surface area contributed by atoms with Gasteiger partial charge in [0, 0.05) is 5.56 Å². The number of aliphatic hydroxyl groups is 1. The Kier molecular flexibility index (Phi) is 3.77. The average Bonchev–Trinajstić information content (AvgIpc) is 3.02. The molecule has 0 bridgehead atoms. The number of hydrogen-bond acceptors (Lipinski definition) is 5. The zero-order valence-electron chi connectivity index (χ0n) is 12.5. The highest BCUT2D eigenvalue weighted by atomic mass is 16.3.